The fraction of sp³-hybridized carbons (Fsp3) is 1.00. The van der Waals surface area contributed by atoms with E-state index in [1.807, 2.05) is 0 Å². The molecule has 0 spiro atoms. The van der Waals surface area contributed by atoms with Crippen molar-refractivity contribution in [3.63, 3.8) is 0 Å². The Morgan fingerprint density at radius 2 is 1.92 bits per heavy atom. The van der Waals surface area contributed by atoms with Gasteiger partial charge in [-0.25, -0.2) is 0 Å². The zero-order chi connectivity index (χ0) is 9.26. The highest BCUT2D eigenvalue weighted by molar-refractivity contribution is 4.88. The summed E-state index contributed by atoms with van der Waals surface area (Å²) in [5.41, 5.74) is 6.02. The van der Waals surface area contributed by atoms with Gasteiger partial charge in [0.25, 0.3) is 0 Å². The van der Waals surface area contributed by atoms with Crippen molar-refractivity contribution in [1.82, 2.24) is 9.80 Å². The van der Waals surface area contributed by atoms with Gasteiger partial charge in [-0.3, -0.25) is 4.90 Å². The number of hydrogen-bond acceptors (Lipinski definition) is 3. The Bertz CT molecular complexity index is 166. The third kappa shape index (κ3) is 2.22. The van der Waals surface area contributed by atoms with Gasteiger partial charge in [-0.1, -0.05) is 6.42 Å². The topological polar surface area (TPSA) is 32.5 Å². The largest absolute Gasteiger partial charge is 0.327 e. The third-order valence-electron chi connectivity index (χ3n) is 3.30. The molecule has 0 saturated carbocycles. The van der Waals surface area contributed by atoms with E-state index in [1.54, 1.807) is 0 Å². The molecule has 0 aromatic heterocycles. The highest BCUT2D eigenvalue weighted by Gasteiger charge is 2.30. The van der Waals surface area contributed by atoms with E-state index in [4.69, 9.17) is 5.73 Å². The summed E-state index contributed by atoms with van der Waals surface area (Å²) in [5, 5.41) is 0. The molecule has 2 N–H and O–H groups in total. The van der Waals surface area contributed by atoms with Crippen LogP contribution < -0.4 is 5.73 Å². The molecule has 2 aliphatic rings. The molecule has 3 nitrogen and oxygen atoms in total. The summed E-state index contributed by atoms with van der Waals surface area (Å²) in [6.45, 7) is 4.88. The van der Waals surface area contributed by atoms with Gasteiger partial charge in [0.1, 0.15) is 0 Å². The first-order chi connectivity index (χ1) is 6.25. The fourth-order valence-electron chi connectivity index (χ4n) is 2.43. The van der Waals surface area contributed by atoms with Crippen molar-refractivity contribution in [3.05, 3.63) is 0 Å². The summed E-state index contributed by atoms with van der Waals surface area (Å²) in [4.78, 5) is 4.97. The van der Waals surface area contributed by atoms with Gasteiger partial charge in [0.15, 0.2) is 0 Å². The Morgan fingerprint density at radius 3 is 2.62 bits per heavy atom. The van der Waals surface area contributed by atoms with Crippen molar-refractivity contribution in [2.45, 2.75) is 31.3 Å². The van der Waals surface area contributed by atoms with Crippen LogP contribution in [0.25, 0.3) is 0 Å². The van der Waals surface area contributed by atoms with Crippen LogP contribution in [0.4, 0.5) is 0 Å². The van der Waals surface area contributed by atoms with Gasteiger partial charge >= 0.3 is 0 Å². The highest BCUT2D eigenvalue weighted by atomic mass is 15.3. The molecule has 2 heterocycles. The smallest absolute Gasteiger partial charge is 0.0350 e. The second-order valence-electron chi connectivity index (χ2n) is 4.63. The van der Waals surface area contributed by atoms with Gasteiger partial charge in [0.2, 0.25) is 0 Å². The lowest BCUT2D eigenvalue weighted by molar-refractivity contribution is 0.0523. The molecule has 1 atom stereocenters. The van der Waals surface area contributed by atoms with Crippen LogP contribution in [0.5, 0.6) is 0 Å². The van der Waals surface area contributed by atoms with E-state index in [0.717, 1.165) is 12.6 Å². The Morgan fingerprint density at radius 1 is 1.15 bits per heavy atom. The van der Waals surface area contributed by atoms with Crippen LogP contribution in [0.3, 0.4) is 0 Å². The summed E-state index contributed by atoms with van der Waals surface area (Å²) in [6.07, 6.45) is 3.88. The van der Waals surface area contributed by atoms with Crippen molar-refractivity contribution in [3.8, 4) is 0 Å². The van der Waals surface area contributed by atoms with Gasteiger partial charge < -0.3 is 10.6 Å². The molecule has 2 fully saturated rings. The average Bonchev–Trinajstić information content (AvgIpc) is 2.24. The Kier molecular flexibility index (Phi) is 2.86. The fourth-order valence-corrected chi connectivity index (χ4v) is 2.43. The van der Waals surface area contributed by atoms with Gasteiger partial charge in [-0.2, -0.15) is 0 Å². The van der Waals surface area contributed by atoms with Crippen molar-refractivity contribution in [2.75, 3.05) is 33.2 Å². The molecule has 0 bridgehead atoms. The summed E-state index contributed by atoms with van der Waals surface area (Å²) in [5.74, 6) is 0. The minimum absolute atomic E-state index is 0.424. The van der Waals surface area contributed by atoms with E-state index in [2.05, 4.69) is 16.8 Å². The van der Waals surface area contributed by atoms with Gasteiger partial charge in [-0.05, 0) is 26.4 Å². The molecule has 2 saturated heterocycles. The van der Waals surface area contributed by atoms with Crippen LogP contribution in [-0.4, -0.2) is 55.1 Å². The average molecular weight is 183 g/mol. The van der Waals surface area contributed by atoms with Crippen LogP contribution in [0.1, 0.15) is 19.3 Å². The molecule has 0 aromatic rings. The molecular formula is C10H21N3. The predicted molar refractivity (Wildman–Crippen MR) is 54.7 cm³/mol. The molecule has 0 aromatic carbocycles. The number of nitrogens with zero attached hydrogens (tertiary/aromatic N) is 2. The number of rotatable bonds is 1. The first kappa shape index (κ1) is 9.44. The minimum atomic E-state index is 0.424. The van der Waals surface area contributed by atoms with E-state index >= 15 is 0 Å². The van der Waals surface area contributed by atoms with E-state index in [-0.39, 0.29) is 0 Å². The molecule has 0 radical (unpaired) electrons. The Balaban J connectivity index is 1.83. The standard InChI is InChI=1S/C10H21N3/c1-12-7-10(8-12)13-5-3-2-4-9(11)6-13/h9-10H,2-8,11H2,1H3. The van der Waals surface area contributed by atoms with Gasteiger partial charge in [0.05, 0.1) is 0 Å². The predicted octanol–water partition coefficient (Wildman–Crippen LogP) is 0.114. The number of likely N-dealkylation sites (N-methyl/N-ethyl adjacent to an activating group) is 1. The van der Waals surface area contributed by atoms with Crippen LogP contribution in [0, 0.1) is 0 Å². The zero-order valence-electron chi connectivity index (χ0n) is 8.58. The summed E-state index contributed by atoms with van der Waals surface area (Å²) in [6, 6.07) is 1.22. The third-order valence-corrected chi connectivity index (χ3v) is 3.30. The molecule has 2 aliphatic heterocycles. The quantitative estimate of drug-likeness (QED) is 0.626. The minimum Gasteiger partial charge on any atom is -0.327 e. The highest BCUT2D eigenvalue weighted by Crippen LogP contribution is 2.17. The second-order valence-corrected chi connectivity index (χ2v) is 4.63. The van der Waals surface area contributed by atoms with Crippen LogP contribution in [0.2, 0.25) is 0 Å². The van der Waals surface area contributed by atoms with Crippen molar-refractivity contribution in [2.24, 2.45) is 5.73 Å². The molecule has 76 valence electrons. The Hall–Kier alpha value is -0.120. The number of likely N-dealkylation sites (tertiary alicyclic amines) is 2. The first-order valence-corrected chi connectivity index (χ1v) is 5.44. The lowest BCUT2D eigenvalue weighted by Gasteiger charge is -2.43. The maximum absolute atomic E-state index is 6.02. The molecule has 2 rings (SSSR count). The maximum atomic E-state index is 6.02. The SMILES string of the molecule is CN1CC(N2CCCCC(N)C2)C1. The summed E-state index contributed by atoms with van der Waals surface area (Å²) in [7, 11) is 2.19. The first-order valence-electron chi connectivity index (χ1n) is 5.44. The van der Waals surface area contributed by atoms with Crippen LogP contribution in [-0.2, 0) is 0 Å². The monoisotopic (exact) mass is 183 g/mol. The van der Waals surface area contributed by atoms with Crippen molar-refractivity contribution < 1.29 is 0 Å². The number of hydrogen-bond donors (Lipinski definition) is 1. The molecule has 0 aliphatic carbocycles. The van der Waals surface area contributed by atoms with Gasteiger partial charge in [0, 0.05) is 31.7 Å². The second kappa shape index (κ2) is 3.95. The summed E-state index contributed by atoms with van der Waals surface area (Å²) >= 11 is 0. The maximum Gasteiger partial charge on any atom is 0.0350 e. The van der Waals surface area contributed by atoms with E-state index in [1.165, 1.54) is 38.9 Å². The molecule has 1 unspecified atom stereocenters. The van der Waals surface area contributed by atoms with Crippen molar-refractivity contribution in [1.29, 1.82) is 0 Å². The van der Waals surface area contributed by atoms with E-state index in [9.17, 15) is 0 Å². The van der Waals surface area contributed by atoms with E-state index < -0.39 is 0 Å². The Labute approximate surface area is 80.9 Å². The lowest BCUT2D eigenvalue weighted by atomic mass is 10.1. The van der Waals surface area contributed by atoms with Crippen molar-refractivity contribution >= 4 is 0 Å². The molecule has 3 heteroatoms. The number of nitrogens with two attached hydrogens (primary N) is 1. The normalized spacial score (nSPS) is 34.2. The molecule has 0 amide bonds. The zero-order valence-corrected chi connectivity index (χ0v) is 8.58. The van der Waals surface area contributed by atoms with Crippen LogP contribution >= 0.6 is 0 Å². The van der Waals surface area contributed by atoms with Gasteiger partial charge in [-0.15, -0.1) is 0 Å². The molecular weight excluding hydrogens is 162 g/mol. The summed E-state index contributed by atoms with van der Waals surface area (Å²) < 4.78 is 0. The van der Waals surface area contributed by atoms with Crippen LogP contribution in [0.15, 0.2) is 0 Å². The van der Waals surface area contributed by atoms with E-state index in [0.29, 0.717) is 6.04 Å². The lowest BCUT2D eigenvalue weighted by Crippen LogP contribution is -2.59. The molecule has 13 heavy (non-hydrogen) atoms.